The molecule has 0 unspecified atom stereocenters. The molecule has 0 atom stereocenters. The van der Waals surface area contributed by atoms with Crippen molar-refractivity contribution in [1.82, 2.24) is 14.1 Å². The van der Waals surface area contributed by atoms with Gasteiger partial charge in [0.1, 0.15) is 11.3 Å². The Morgan fingerprint density at radius 1 is 0.929 bits per heavy atom. The first-order valence-corrected chi connectivity index (χ1v) is 8.49. The van der Waals surface area contributed by atoms with Gasteiger partial charge in [-0.25, -0.2) is 0 Å². The molecule has 3 aromatic heterocycles. The minimum Gasteiger partial charge on any atom is -0.450 e. The van der Waals surface area contributed by atoms with Crippen LogP contribution in [0, 0.1) is 13.7 Å². The molecule has 142 valence electrons. The van der Waals surface area contributed by atoms with Crippen LogP contribution in [0.3, 0.4) is 0 Å². The quantitative estimate of drug-likeness (QED) is 0.589. The zero-order valence-electron chi connectivity index (χ0n) is 21.2. The van der Waals surface area contributed by atoms with E-state index >= 15 is 0 Å². The number of aromatic amines is 1. The molecule has 1 aromatic carbocycles. The molecule has 4 rings (SSSR count). The van der Waals surface area contributed by atoms with Crippen LogP contribution in [0.4, 0.5) is 0 Å². The van der Waals surface area contributed by atoms with Crippen molar-refractivity contribution in [2.75, 3.05) is 0 Å². The van der Waals surface area contributed by atoms with Crippen LogP contribution in [0.2, 0.25) is 0 Å². The fourth-order valence-electron chi connectivity index (χ4n) is 3.15. The second kappa shape index (κ2) is 6.56. The molecule has 0 aliphatic heterocycles. The number of nitrogens with one attached hydrogen (secondary N) is 1. The number of hydrogen-bond acceptors (Lipinski definition) is 3. The fourth-order valence-corrected chi connectivity index (χ4v) is 3.15. The van der Waals surface area contributed by atoms with Crippen molar-refractivity contribution in [3.63, 3.8) is 0 Å². The first-order chi connectivity index (χ1) is 15.8. The standard InChI is InChI=1S/C22H21N3O3/c1-13-6-5-7-14(2)19(13)28-20-16(9-11-24(3)22(20)27)17-12-25(4)21(26)18-15(17)8-10-23-18/h5-12,23H,1-4H3/i1D3,2D3. The number of pyridine rings is 2. The van der Waals surface area contributed by atoms with Gasteiger partial charge < -0.3 is 18.9 Å². The molecule has 0 fully saturated rings. The Labute approximate surface area is 170 Å². The summed E-state index contributed by atoms with van der Waals surface area (Å²) >= 11 is 0. The van der Waals surface area contributed by atoms with Crippen molar-refractivity contribution in [3.8, 4) is 22.6 Å². The summed E-state index contributed by atoms with van der Waals surface area (Å²) in [6, 6.07) is 7.10. The molecule has 0 bridgehead atoms. The van der Waals surface area contributed by atoms with Crippen molar-refractivity contribution in [2.45, 2.75) is 13.7 Å². The molecular formula is C22H21N3O3. The molecule has 0 spiro atoms. The van der Waals surface area contributed by atoms with E-state index in [2.05, 4.69) is 4.98 Å². The monoisotopic (exact) mass is 381 g/mol. The lowest BCUT2D eigenvalue weighted by Crippen LogP contribution is -2.20. The zero-order valence-corrected chi connectivity index (χ0v) is 15.2. The van der Waals surface area contributed by atoms with Gasteiger partial charge in [0.2, 0.25) is 0 Å². The van der Waals surface area contributed by atoms with Crippen LogP contribution >= 0.6 is 0 Å². The number of aromatic nitrogens is 3. The molecule has 0 radical (unpaired) electrons. The number of nitrogens with zero attached hydrogens (tertiary/aromatic N) is 2. The smallest absolute Gasteiger partial charge is 0.293 e. The first kappa shape index (κ1) is 12.0. The Balaban J connectivity index is 2.05. The summed E-state index contributed by atoms with van der Waals surface area (Å²) in [6.07, 6.45) is 4.64. The van der Waals surface area contributed by atoms with E-state index in [1.165, 1.54) is 40.6 Å². The van der Waals surface area contributed by atoms with Crippen LogP contribution in [0.25, 0.3) is 22.0 Å². The van der Waals surface area contributed by atoms with Gasteiger partial charge in [0.25, 0.3) is 11.1 Å². The molecule has 28 heavy (non-hydrogen) atoms. The fraction of sp³-hybridized carbons (Fsp3) is 0.182. The van der Waals surface area contributed by atoms with Crippen LogP contribution in [-0.4, -0.2) is 14.1 Å². The predicted octanol–water partition coefficient (Wildman–Crippen LogP) is 3.64. The summed E-state index contributed by atoms with van der Waals surface area (Å²) in [5.74, 6) is -0.671. The molecule has 0 saturated carbocycles. The summed E-state index contributed by atoms with van der Waals surface area (Å²) in [5, 5.41) is 0.529. The molecule has 0 aliphatic rings. The number of benzene rings is 1. The lowest BCUT2D eigenvalue weighted by molar-refractivity contribution is 0.464. The Bertz CT molecular complexity index is 1490. The van der Waals surface area contributed by atoms with E-state index in [-0.39, 0.29) is 28.0 Å². The average molecular weight is 381 g/mol. The average Bonchev–Trinajstić information content (AvgIpc) is 3.23. The number of aryl methyl sites for hydroxylation is 4. The summed E-state index contributed by atoms with van der Waals surface area (Å²) < 4.78 is 55.8. The highest BCUT2D eigenvalue weighted by Crippen LogP contribution is 2.35. The number of ether oxygens (including phenoxy) is 1. The zero-order chi connectivity index (χ0) is 25.0. The molecule has 4 aromatic rings. The van der Waals surface area contributed by atoms with E-state index in [0.29, 0.717) is 16.5 Å². The van der Waals surface area contributed by atoms with E-state index in [1.54, 1.807) is 31.6 Å². The highest BCUT2D eigenvalue weighted by Gasteiger charge is 2.19. The second-order valence-corrected chi connectivity index (χ2v) is 6.48. The van der Waals surface area contributed by atoms with Gasteiger partial charge in [0.15, 0.2) is 5.75 Å². The maximum absolute atomic E-state index is 13.2. The van der Waals surface area contributed by atoms with Crippen molar-refractivity contribution in [1.29, 1.82) is 0 Å². The van der Waals surface area contributed by atoms with Gasteiger partial charge in [-0.3, -0.25) is 9.59 Å². The van der Waals surface area contributed by atoms with Crippen LogP contribution in [0.5, 0.6) is 11.5 Å². The Morgan fingerprint density at radius 3 is 2.39 bits per heavy atom. The summed E-state index contributed by atoms with van der Waals surface area (Å²) in [4.78, 5) is 28.6. The van der Waals surface area contributed by atoms with E-state index in [4.69, 9.17) is 13.0 Å². The largest absolute Gasteiger partial charge is 0.450 e. The van der Waals surface area contributed by atoms with E-state index in [0.717, 1.165) is 0 Å². The van der Waals surface area contributed by atoms with Gasteiger partial charge in [-0.1, -0.05) is 18.2 Å². The van der Waals surface area contributed by atoms with Crippen molar-refractivity contribution >= 4 is 10.9 Å². The van der Waals surface area contributed by atoms with Gasteiger partial charge in [-0.15, -0.1) is 0 Å². The number of fused-ring (bicyclic) bond motifs is 1. The molecular weight excluding hydrogens is 354 g/mol. The molecule has 1 N–H and O–H groups in total. The maximum Gasteiger partial charge on any atom is 0.293 e. The lowest BCUT2D eigenvalue weighted by atomic mass is 10.0. The maximum atomic E-state index is 13.2. The van der Waals surface area contributed by atoms with Crippen LogP contribution in [0.1, 0.15) is 19.4 Å². The molecule has 3 heterocycles. The highest BCUT2D eigenvalue weighted by atomic mass is 16.5. The van der Waals surface area contributed by atoms with Crippen LogP contribution in [0.15, 0.2) is 58.5 Å². The third kappa shape index (κ3) is 2.74. The van der Waals surface area contributed by atoms with Gasteiger partial charge in [0.05, 0.1) is 0 Å². The van der Waals surface area contributed by atoms with Crippen molar-refractivity contribution in [2.24, 2.45) is 14.1 Å². The minimum absolute atomic E-state index is 0.256. The van der Waals surface area contributed by atoms with Crippen LogP contribution < -0.4 is 15.9 Å². The highest BCUT2D eigenvalue weighted by molar-refractivity contribution is 5.95. The van der Waals surface area contributed by atoms with E-state index in [9.17, 15) is 9.59 Å². The van der Waals surface area contributed by atoms with Crippen LogP contribution in [-0.2, 0) is 14.1 Å². The number of para-hydroxylation sites is 1. The number of H-pyrrole nitrogens is 1. The topological polar surface area (TPSA) is 69.0 Å². The summed E-state index contributed by atoms with van der Waals surface area (Å²) in [5.41, 5.74) is -0.458. The molecule has 0 aliphatic carbocycles. The first-order valence-electron chi connectivity index (χ1n) is 11.5. The molecule has 6 nitrogen and oxygen atoms in total. The Hall–Kier alpha value is -3.54. The molecule has 0 amide bonds. The predicted molar refractivity (Wildman–Crippen MR) is 110 cm³/mol. The second-order valence-electron chi connectivity index (χ2n) is 6.48. The van der Waals surface area contributed by atoms with Gasteiger partial charge >= 0.3 is 0 Å². The lowest BCUT2D eigenvalue weighted by Gasteiger charge is -2.16. The number of rotatable bonds is 3. The van der Waals surface area contributed by atoms with Crippen molar-refractivity contribution < 1.29 is 13.0 Å². The van der Waals surface area contributed by atoms with E-state index in [1.807, 2.05) is 0 Å². The summed E-state index contributed by atoms with van der Waals surface area (Å²) in [7, 11) is 3.05. The SMILES string of the molecule is [2H]C([2H])([2H])c1cccc(C([2H])([2H])[2H])c1Oc1c(-c2cn(C)c(=O)c3[nH]ccc23)ccn(C)c1=O. The minimum atomic E-state index is -2.69. The third-order valence-corrected chi connectivity index (χ3v) is 4.63. The Morgan fingerprint density at radius 2 is 1.68 bits per heavy atom. The van der Waals surface area contributed by atoms with Gasteiger partial charge in [-0.05, 0) is 37.0 Å². The van der Waals surface area contributed by atoms with E-state index < -0.39 is 25.0 Å². The molecule has 6 heteroatoms. The molecule has 0 saturated heterocycles. The van der Waals surface area contributed by atoms with Gasteiger partial charge in [-0.2, -0.15) is 0 Å². The number of hydrogen-bond donors (Lipinski definition) is 1. The van der Waals surface area contributed by atoms with Crippen molar-refractivity contribution in [3.05, 3.63) is 80.8 Å². The van der Waals surface area contributed by atoms with Gasteiger partial charge in [0, 0.05) is 57.4 Å². The normalized spacial score (nSPS) is 15.2. The Kier molecular flexibility index (Phi) is 2.82. The summed E-state index contributed by atoms with van der Waals surface area (Å²) in [6.45, 7) is -5.39. The third-order valence-electron chi connectivity index (χ3n) is 4.63.